The number of para-hydroxylation sites is 1. The molecule has 2 rings (SSSR count). The molecule has 0 fully saturated rings. The van der Waals surface area contributed by atoms with Crippen LogP contribution in [0.5, 0.6) is 0 Å². The molecule has 0 saturated carbocycles. The lowest BCUT2D eigenvalue weighted by Crippen LogP contribution is -2.25. The van der Waals surface area contributed by atoms with Gasteiger partial charge < -0.3 is 9.21 Å². The summed E-state index contributed by atoms with van der Waals surface area (Å²) in [5, 5.41) is -0.0146. The minimum atomic E-state index is -0.0146. The zero-order valence-corrected chi connectivity index (χ0v) is 12.7. The van der Waals surface area contributed by atoms with Crippen LogP contribution in [0.15, 0.2) is 54.6 Å². The molecule has 0 spiro atoms. The van der Waals surface area contributed by atoms with Crippen molar-refractivity contribution in [2.75, 3.05) is 23.3 Å². The molecule has 4 heteroatoms. The lowest BCUT2D eigenvalue weighted by molar-refractivity contribution is 0.266. The van der Waals surface area contributed by atoms with Gasteiger partial charge in [-0.3, -0.25) is 4.79 Å². The molecule has 0 atom stereocenters. The number of carbonyl (C=O) groups excluding carboxylic acids is 1. The Morgan fingerprint density at radius 3 is 2.10 bits per heavy atom. The van der Waals surface area contributed by atoms with E-state index < -0.39 is 0 Å². The van der Waals surface area contributed by atoms with Crippen LogP contribution in [0, 0.1) is 6.92 Å². The fourth-order valence-corrected chi connectivity index (χ4v) is 2.43. The number of nitrogens with zero attached hydrogens (tertiary/aromatic N) is 2. The predicted octanol–water partition coefficient (Wildman–Crippen LogP) is 4.34. The standard InChI is InChI=1S/C16H18N2OS/c1-13-9-11-15(12-10-13)18(3)20-16(19)17(2)14-7-5-4-6-8-14/h4-12H,1-3H3. The summed E-state index contributed by atoms with van der Waals surface area (Å²) in [5.74, 6) is 0. The van der Waals surface area contributed by atoms with Crippen LogP contribution in [0.3, 0.4) is 0 Å². The highest BCUT2D eigenvalue weighted by Crippen LogP contribution is 2.24. The van der Waals surface area contributed by atoms with Gasteiger partial charge in [0.1, 0.15) is 0 Å². The molecule has 0 aliphatic carbocycles. The Morgan fingerprint density at radius 1 is 0.900 bits per heavy atom. The van der Waals surface area contributed by atoms with Gasteiger partial charge in [0.05, 0.1) is 11.9 Å². The van der Waals surface area contributed by atoms with Crippen molar-refractivity contribution < 1.29 is 4.79 Å². The van der Waals surface area contributed by atoms with Crippen LogP contribution in [0.25, 0.3) is 0 Å². The average Bonchev–Trinajstić information content (AvgIpc) is 2.48. The van der Waals surface area contributed by atoms with Gasteiger partial charge in [-0.05, 0) is 31.2 Å². The fraction of sp³-hybridized carbons (Fsp3) is 0.188. The summed E-state index contributed by atoms with van der Waals surface area (Å²) in [5.41, 5.74) is 3.11. The van der Waals surface area contributed by atoms with E-state index in [0.717, 1.165) is 11.4 Å². The maximum atomic E-state index is 12.2. The quantitative estimate of drug-likeness (QED) is 0.784. The number of amides is 1. The maximum Gasteiger partial charge on any atom is 0.306 e. The van der Waals surface area contributed by atoms with Crippen LogP contribution in [0.2, 0.25) is 0 Å². The van der Waals surface area contributed by atoms with E-state index in [2.05, 4.69) is 0 Å². The van der Waals surface area contributed by atoms with Gasteiger partial charge in [-0.15, -0.1) is 0 Å². The van der Waals surface area contributed by atoms with Gasteiger partial charge >= 0.3 is 5.24 Å². The highest BCUT2D eigenvalue weighted by Gasteiger charge is 2.14. The first-order valence-electron chi connectivity index (χ1n) is 6.39. The topological polar surface area (TPSA) is 23.6 Å². The molecule has 0 bridgehead atoms. The predicted molar refractivity (Wildman–Crippen MR) is 87.4 cm³/mol. The van der Waals surface area contributed by atoms with E-state index in [4.69, 9.17) is 0 Å². The molecule has 20 heavy (non-hydrogen) atoms. The molecule has 0 aliphatic rings. The lowest BCUT2D eigenvalue weighted by atomic mass is 10.2. The summed E-state index contributed by atoms with van der Waals surface area (Å²) in [7, 11) is 3.68. The smallest absolute Gasteiger partial charge is 0.306 e. The molecule has 0 heterocycles. The van der Waals surface area contributed by atoms with Gasteiger partial charge in [0.25, 0.3) is 0 Å². The first kappa shape index (κ1) is 14.5. The summed E-state index contributed by atoms with van der Waals surface area (Å²) < 4.78 is 1.88. The summed E-state index contributed by atoms with van der Waals surface area (Å²) >= 11 is 1.18. The van der Waals surface area contributed by atoms with Crippen molar-refractivity contribution in [2.45, 2.75) is 6.92 Å². The third kappa shape index (κ3) is 3.54. The van der Waals surface area contributed by atoms with Crippen molar-refractivity contribution in [3.05, 3.63) is 60.2 Å². The number of benzene rings is 2. The third-order valence-corrected chi connectivity index (χ3v) is 3.94. The van der Waals surface area contributed by atoms with Crippen molar-refractivity contribution in [3.8, 4) is 0 Å². The van der Waals surface area contributed by atoms with Gasteiger partial charge in [-0.25, -0.2) is 0 Å². The highest BCUT2D eigenvalue weighted by molar-refractivity contribution is 8.15. The minimum absolute atomic E-state index is 0.0146. The summed E-state index contributed by atoms with van der Waals surface area (Å²) in [4.78, 5) is 13.9. The van der Waals surface area contributed by atoms with Crippen LogP contribution in [-0.2, 0) is 0 Å². The molecular weight excluding hydrogens is 268 g/mol. The second-order valence-electron chi connectivity index (χ2n) is 4.58. The van der Waals surface area contributed by atoms with E-state index >= 15 is 0 Å². The summed E-state index contributed by atoms with van der Waals surface area (Å²) in [6.07, 6.45) is 0. The number of rotatable bonds is 3. The molecular formula is C16H18N2OS. The maximum absolute atomic E-state index is 12.2. The minimum Gasteiger partial charge on any atom is -0.311 e. The first-order valence-corrected chi connectivity index (χ1v) is 7.16. The fourth-order valence-electron chi connectivity index (χ4n) is 1.74. The van der Waals surface area contributed by atoms with Gasteiger partial charge in [-0.2, -0.15) is 0 Å². The second kappa shape index (κ2) is 6.48. The molecule has 0 N–H and O–H groups in total. The Morgan fingerprint density at radius 2 is 1.50 bits per heavy atom. The Hall–Kier alpha value is -1.94. The van der Waals surface area contributed by atoms with E-state index in [1.54, 1.807) is 11.9 Å². The number of anilines is 2. The van der Waals surface area contributed by atoms with Crippen molar-refractivity contribution in [3.63, 3.8) is 0 Å². The monoisotopic (exact) mass is 286 g/mol. The van der Waals surface area contributed by atoms with E-state index in [1.165, 1.54) is 17.5 Å². The number of hydrogen-bond donors (Lipinski definition) is 0. The Kier molecular flexibility index (Phi) is 4.69. The summed E-state index contributed by atoms with van der Waals surface area (Å²) in [6.45, 7) is 2.05. The molecule has 2 aromatic rings. The molecule has 0 radical (unpaired) electrons. The second-order valence-corrected chi connectivity index (χ2v) is 5.66. The zero-order valence-electron chi connectivity index (χ0n) is 11.9. The van der Waals surface area contributed by atoms with Crippen molar-refractivity contribution >= 4 is 28.6 Å². The van der Waals surface area contributed by atoms with Crippen LogP contribution >= 0.6 is 11.9 Å². The molecule has 0 aromatic heterocycles. The van der Waals surface area contributed by atoms with Crippen LogP contribution in [-0.4, -0.2) is 19.3 Å². The molecule has 3 nitrogen and oxygen atoms in total. The normalized spacial score (nSPS) is 10.2. The Labute approximate surface area is 124 Å². The zero-order chi connectivity index (χ0) is 14.5. The van der Waals surface area contributed by atoms with Crippen molar-refractivity contribution in [1.82, 2.24) is 0 Å². The first-order chi connectivity index (χ1) is 9.58. The SMILES string of the molecule is Cc1ccc(N(C)SC(=O)N(C)c2ccccc2)cc1. The van der Waals surface area contributed by atoms with Crippen molar-refractivity contribution in [1.29, 1.82) is 0 Å². The van der Waals surface area contributed by atoms with Crippen LogP contribution < -0.4 is 9.21 Å². The molecule has 104 valence electrons. The highest BCUT2D eigenvalue weighted by atomic mass is 32.2. The summed E-state index contributed by atoms with van der Waals surface area (Å²) in [6, 6.07) is 17.7. The van der Waals surface area contributed by atoms with Gasteiger partial charge in [0.15, 0.2) is 0 Å². The Balaban J connectivity index is 2.02. The van der Waals surface area contributed by atoms with Crippen molar-refractivity contribution in [2.24, 2.45) is 0 Å². The Bertz CT molecular complexity index is 569. The molecule has 2 aromatic carbocycles. The van der Waals surface area contributed by atoms with Crippen LogP contribution in [0.4, 0.5) is 16.2 Å². The molecule has 1 amide bonds. The molecule has 0 unspecified atom stereocenters. The molecule has 0 aliphatic heterocycles. The third-order valence-electron chi connectivity index (χ3n) is 3.03. The van der Waals surface area contributed by atoms with E-state index in [1.807, 2.05) is 72.9 Å². The van der Waals surface area contributed by atoms with Crippen LogP contribution in [0.1, 0.15) is 5.56 Å². The number of aryl methyl sites for hydroxylation is 1. The van der Waals surface area contributed by atoms with Gasteiger partial charge in [0.2, 0.25) is 0 Å². The van der Waals surface area contributed by atoms with E-state index in [-0.39, 0.29) is 5.24 Å². The van der Waals surface area contributed by atoms with E-state index in [0.29, 0.717) is 0 Å². The number of hydrogen-bond acceptors (Lipinski definition) is 3. The van der Waals surface area contributed by atoms with Gasteiger partial charge in [-0.1, -0.05) is 35.9 Å². The average molecular weight is 286 g/mol. The van der Waals surface area contributed by atoms with Gasteiger partial charge in [0, 0.05) is 25.5 Å². The molecule has 0 saturated heterocycles. The largest absolute Gasteiger partial charge is 0.311 e. The lowest BCUT2D eigenvalue weighted by Gasteiger charge is -2.22. The number of carbonyl (C=O) groups is 1. The van der Waals surface area contributed by atoms with E-state index in [9.17, 15) is 4.79 Å².